The number of likely N-dealkylation sites (tertiary alicyclic amines) is 1. The molecule has 1 unspecified atom stereocenters. The fourth-order valence-electron chi connectivity index (χ4n) is 3.80. The summed E-state index contributed by atoms with van der Waals surface area (Å²) in [6.07, 6.45) is 4.17. The highest BCUT2D eigenvalue weighted by Gasteiger charge is 2.39. The van der Waals surface area contributed by atoms with E-state index in [1.54, 1.807) is 4.90 Å². The van der Waals surface area contributed by atoms with E-state index in [9.17, 15) is 13.2 Å². The van der Waals surface area contributed by atoms with Crippen molar-refractivity contribution in [2.75, 3.05) is 25.9 Å². The van der Waals surface area contributed by atoms with E-state index >= 15 is 0 Å². The van der Waals surface area contributed by atoms with Gasteiger partial charge in [-0.2, -0.15) is 4.31 Å². The molecule has 2 saturated heterocycles. The summed E-state index contributed by atoms with van der Waals surface area (Å²) >= 11 is 0. The van der Waals surface area contributed by atoms with Gasteiger partial charge in [0.2, 0.25) is 15.9 Å². The van der Waals surface area contributed by atoms with Crippen molar-refractivity contribution in [3.05, 3.63) is 29.3 Å². The Morgan fingerprint density at radius 2 is 1.81 bits per heavy atom. The lowest BCUT2D eigenvalue weighted by atomic mass is 10.1. The number of piperidine rings is 1. The second-order valence-corrected chi connectivity index (χ2v) is 9.38. The summed E-state index contributed by atoms with van der Waals surface area (Å²) in [7, 11) is -3.33. The van der Waals surface area contributed by atoms with Gasteiger partial charge in [-0.05, 0) is 43.9 Å². The molecule has 1 atom stereocenters. The van der Waals surface area contributed by atoms with Crippen molar-refractivity contribution in [2.24, 2.45) is 0 Å². The van der Waals surface area contributed by atoms with Gasteiger partial charge in [0, 0.05) is 32.5 Å². The minimum Gasteiger partial charge on any atom is -0.490 e. The van der Waals surface area contributed by atoms with Crippen molar-refractivity contribution in [3.63, 3.8) is 0 Å². The highest BCUT2D eigenvalue weighted by Crippen LogP contribution is 2.26. The van der Waals surface area contributed by atoms with Crippen LogP contribution in [-0.2, 0) is 14.8 Å². The lowest BCUT2D eigenvalue weighted by molar-refractivity contribution is -0.136. The average Bonchev–Trinajstić information content (AvgIpc) is 3.08. The SMILES string of the molecule is Cc1ccc(C)c(OC2CCN(C(=O)C3CCCN3S(C)(=O)=O)CC2)c1. The molecule has 2 aliphatic heterocycles. The van der Waals surface area contributed by atoms with Crippen LogP contribution in [0.5, 0.6) is 5.75 Å². The maximum atomic E-state index is 12.8. The minimum atomic E-state index is -3.33. The number of hydrogen-bond acceptors (Lipinski definition) is 4. The molecule has 0 aliphatic carbocycles. The molecule has 26 heavy (non-hydrogen) atoms. The molecular formula is C19H28N2O4S. The lowest BCUT2D eigenvalue weighted by Gasteiger charge is -2.35. The molecule has 144 valence electrons. The molecule has 0 N–H and O–H groups in total. The van der Waals surface area contributed by atoms with Gasteiger partial charge in [0.25, 0.3) is 0 Å². The number of hydrogen-bond donors (Lipinski definition) is 0. The summed E-state index contributed by atoms with van der Waals surface area (Å²) < 4.78 is 31.3. The van der Waals surface area contributed by atoms with Crippen molar-refractivity contribution >= 4 is 15.9 Å². The first-order valence-electron chi connectivity index (χ1n) is 9.25. The van der Waals surface area contributed by atoms with Gasteiger partial charge in [-0.15, -0.1) is 0 Å². The van der Waals surface area contributed by atoms with Crippen molar-refractivity contribution in [2.45, 2.75) is 51.7 Å². The van der Waals surface area contributed by atoms with E-state index in [1.807, 2.05) is 13.8 Å². The molecule has 2 heterocycles. The van der Waals surface area contributed by atoms with Crippen LogP contribution in [0, 0.1) is 13.8 Å². The number of carbonyl (C=O) groups is 1. The molecule has 1 aromatic carbocycles. The van der Waals surface area contributed by atoms with E-state index in [0.29, 0.717) is 26.1 Å². The third kappa shape index (κ3) is 4.20. The maximum absolute atomic E-state index is 12.8. The molecule has 0 spiro atoms. The predicted molar refractivity (Wildman–Crippen MR) is 101 cm³/mol. The van der Waals surface area contributed by atoms with Crippen LogP contribution in [0.15, 0.2) is 18.2 Å². The Morgan fingerprint density at radius 3 is 2.46 bits per heavy atom. The molecule has 0 aromatic heterocycles. The quantitative estimate of drug-likeness (QED) is 0.802. The molecule has 0 radical (unpaired) electrons. The number of nitrogens with zero attached hydrogens (tertiary/aromatic N) is 2. The molecule has 0 bridgehead atoms. The number of carbonyl (C=O) groups excluding carboxylic acids is 1. The van der Waals surface area contributed by atoms with E-state index in [1.165, 1.54) is 16.1 Å². The van der Waals surface area contributed by atoms with Crippen molar-refractivity contribution in [1.29, 1.82) is 0 Å². The third-order valence-corrected chi connectivity index (χ3v) is 6.59. The number of rotatable bonds is 4. The molecule has 3 rings (SSSR count). The Hall–Kier alpha value is -1.60. The van der Waals surface area contributed by atoms with E-state index in [4.69, 9.17) is 4.74 Å². The molecule has 6 nitrogen and oxygen atoms in total. The first-order chi connectivity index (χ1) is 12.3. The second-order valence-electron chi connectivity index (χ2n) is 7.44. The smallest absolute Gasteiger partial charge is 0.241 e. The summed E-state index contributed by atoms with van der Waals surface area (Å²) in [6.45, 7) is 5.75. The fraction of sp³-hybridized carbons (Fsp3) is 0.632. The summed E-state index contributed by atoms with van der Waals surface area (Å²) in [5.74, 6) is 0.854. The first-order valence-corrected chi connectivity index (χ1v) is 11.1. The fourth-order valence-corrected chi connectivity index (χ4v) is 4.92. The summed E-state index contributed by atoms with van der Waals surface area (Å²) in [4.78, 5) is 14.6. The monoisotopic (exact) mass is 380 g/mol. The summed E-state index contributed by atoms with van der Waals surface area (Å²) in [5, 5.41) is 0. The van der Waals surface area contributed by atoms with Crippen LogP contribution in [0.1, 0.15) is 36.8 Å². The lowest BCUT2D eigenvalue weighted by Crippen LogP contribution is -2.50. The van der Waals surface area contributed by atoms with Gasteiger partial charge in [0.05, 0.1) is 6.26 Å². The average molecular weight is 381 g/mol. The van der Waals surface area contributed by atoms with Gasteiger partial charge in [0.15, 0.2) is 0 Å². The van der Waals surface area contributed by atoms with Crippen LogP contribution < -0.4 is 4.74 Å². The van der Waals surface area contributed by atoms with Gasteiger partial charge >= 0.3 is 0 Å². The predicted octanol–water partition coefficient (Wildman–Crippen LogP) is 2.10. The molecule has 2 aliphatic rings. The molecular weight excluding hydrogens is 352 g/mol. The molecule has 7 heteroatoms. The summed E-state index contributed by atoms with van der Waals surface area (Å²) in [6, 6.07) is 5.65. The highest BCUT2D eigenvalue weighted by molar-refractivity contribution is 7.88. The number of ether oxygens (including phenoxy) is 1. The largest absolute Gasteiger partial charge is 0.490 e. The van der Waals surface area contributed by atoms with Crippen LogP contribution in [-0.4, -0.2) is 61.6 Å². The van der Waals surface area contributed by atoms with Gasteiger partial charge in [-0.25, -0.2) is 8.42 Å². The van der Waals surface area contributed by atoms with Crippen LogP contribution in [0.2, 0.25) is 0 Å². The zero-order valence-corrected chi connectivity index (χ0v) is 16.6. The topological polar surface area (TPSA) is 66.9 Å². The van der Waals surface area contributed by atoms with Crippen LogP contribution >= 0.6 is 0 Å². The maximum Gasteiger partial charge on any atom is 0.241 e. The van der Waals surface area contributed by atoms with E-state index in [0.717, 1.165) is 30.6 Å². The van der Waals surface area contributed by atoms with E-state index in [2.05, 4.69) is 18.2 Å². The van der Waals surface area contributed by atoms with Crippen LogP contribution in [0.25, 0.3) is 0 Å². The third-order valence-electron chi connectivity index (χ3n) is 5.31. The number of amides is 1. The minimum absolute atomic E-state index is 0.0573. The van der Waals surface area contributed by atoms with E-state index in [-0.39, 0.29) is 12.0 Å². The van der Waals surface area contributed by atoms with Crippen molar-refractivity contribution in [1.82, 2.24) is 9.21 Å². The number of aryl methyl sites for hydroxylation is 2. The Balaban J connectivity index is 1.58. The Labute approximate surface area is 156 Å². The Kier molecular flexibility index (Phi) is 5.58. The van der Waals surface area contributed by atoms with Gasteiger partial charge < -0.3 is 9.64 Å². The standard InChI is InChI=1S/C19H28N2O4S/c1-14-6-7-15(2)18(13-14)25-16-8-11-20(12-9-16)19(22)17-5-4-10-21(17)26(3,23)24/h6-7,13,16-17H,4-5,8-12H2,1-3H3. The van der Waals surface area contributed by atoms with Gasteiger partial charge in [0.1, 0.15) is 17.9 Å². The summed E-state index contributed by atoms with van der Waals surface area (Å²) in [5.41, 5.74) is 2.28. The van der Waals surface area contributed by atoms with Gasteiger partial charge in [-0.3, -0.25) is 4.79 Å². The number of benzene rings is 1. The Morgan fingerprint density at radius 1 is 1.12 bits per heavy atom. The molecule has 2 fully saturated rings. The zero-order valence-electron chi connectivity index (χ0n) is 15.8. The molecule has 1 amide bonds. The van der Waals surface area contributed by atoms with Crippen molar-refractivity contribution < 1.29 is 17.9 Å². The van der Waals surface area contributed by atoms with E-state index < -0.39 is 16.1 Å². The van der Waals surface area contributed by atoms with Crippen molar-refractivity contribution in [3.8, 4) is 5.75 Å². The zero-order chi connectivity index (χ0) is 18.9. The normalized spacial score (nSPS) is 22.6. The van der Waals surface area contributed by atoms with Crippen LogP contribution in [0.3, 0.4) is 0 Å². The molecule has 0 saturated carbocycles. The highest BCUT2D eigenvalue weighted by atomic mass is 32.2. The Bertz CT molecular complexity index is 770. The van der Waals surface area contributed by atoms with Gasteiger partial charge in [-0.1, -0.05) is 12.1 Å². The van der Waals surface area contributed by atoms with Crippen LogP contribution in [0.4, 0.5) is 0 Å². The first kappa shape index (κ1) is 19.2. The number of sulfonamides is 1. The second kappa shape index (κ2) is 7.56. The molecule has 1 aromatic rings.